The average molecular weight is 503 g/mol. The van der Waals surface area contributed by atoms with Crippen molar-refractivity contribution in [2.45, 2.75) is 18.5 Å². The van der Waals surface area contributed by atoms with Crippen molar-refractivity contribution in [2.75, 3.05) is 32.7 Å². The van der Waals surface area contributed by atoms with Crippen LogP contribution in [0, 0.1) is 0 Å². The van der Waals surface area contributed by atoms with Gasteiger partial charge in [0, 0.05) is 67.1 Å². The number of nitrogens with two attached hydrogens (primary N) is 2. The number of amides is 2. The standard InChI is InChI=1S/C24H29F3N8O/c25-24(26,27)15-32-23(36)33-18-3-1-2-17(12-18)20-14-31-22-13-16(6-9-35(20)22)19(28)4-5-21(29)34-10-7-30-8-11-34/h1-6,9,13-14,17,30H,7-8,10-12,15,28-29H2,(H2,32,33,36)/b19-4-,21-5+. The summed E-state index contributed by atoms with van der Waals surface area (Å²) in [6, 6.07) is 2.85. The molecule has 2 aromatic rings. The van der Waals surface area contributed by atoms with E-state index in [1.165, 1.54) is 0 Å². The molecule has 1 saturated heterocycles. The van der Waals surface area contributed by atoms with Crippen molar-refractivity contribution in [3.8, 4) is 0 Å². The Labute approximate surface area is 206 Å². The molecular formula is C24H29F3N8O. The number of aromatic nitrogens is 2. The van der Waals surface area contributed by atoms with E-state index in [9.17, 15) is 18.0 Å². The van der Waals surface area contributed by atoms with Crippen molar-refractivity contribution in [1.29, 1.82) is 0 Å². The molecule has 9 nitrogen and oxygen atoms in total. The van der Waals surface area contributed by atoms with Crippen LogP contribution in [0.5, 0.6) is 0 Å². The average Bonchev–Trinajstić information content (AvgIpc) is 3.29. The maximum absolute atomic E-state index is 12.3. The molecule has 0 saturated carbocycles. The summed E-state index contributed by atoms with van der Waals surface area (Å²) in [6.45, 7) is 2.08. The monoisotopic (exact) mass is 502 g/mol. The first kappa shape index (κ1) is 25.2. The van der Waals surface area contributed by atoms with Crippen LogP contribution >= 0.6 is 0 Å². The topological polar surface area (TPSA) is 126 Å². The fourth-order valence-corrected chi connectivity index (χ4v) is 4.10. The summed E-state index contributed by atoms with van der Waals surface area (Å²) in [5.41, 5.74) is 15.9. The van der Waals surface area contributed by atoms with Gasteiger partial charge in [-0.25, -0.2) is 9.78 Å². The maximum atomic E-state index is 12.3. The lowest BCUT2D eigenvalue weighted by atomic mass is 9.95. The van der Waals surface area contributed by atoms with E-state index in [-0.39, 0.29) is 5.92 Å². The molecule has 1 unspecified atom stereocenters. The predicted octanol–water partition coefficient (Wildman–Crippen LogP) is 2.13. The molecule has 4 rings (SSSR count). The minimum Gasteiger partial charge on any atom is -0.398 e. The number of halogens is 3. The zero-order chi connectivity index (χ0) is 25.7. The summed E-state index contributed by atoms with van der Waals surface area (Å²) in [4.78, 5) is 18.4. The summed E-state index contributed by atoms with van der Waals surface area (Å²) in [5, 5.41) is 7.58. The molecule has 36 heavy (non-hydrogen) atoms. The molecule has 7 N–H and O–H groups in total. The third kappa shape index (κ3) is 6.39. The smallest absolute Gasteiger partial charge is 0.398 e. The number of hydrogen-bond donors (Lipinski definition) is 5. The molecule has 0 spiro atoms. The molecule has 1 aliphatic heterocycles. The number of urea groups is 1. The highest BCUT2D eigenvalue weighted by Crippen LogP contribution is 2.28. The Morgan fingerprint density at radius 3 is 2.78 bits per heavy atom. The van der Waals surface area contributed by atoms with Gasteiger partial charge in [0.25, 0.3) is 0 Å². The Morgan fingerprint density at radius 2 is 2.03 bits per heavy atom. The zero-order valence-corrected chi connectivity index (χ0v) is 19.6. The Balaban J connectivity index is 1.42. The van der Waals surface area contributed by atoms with E-state index < -0.39 is 18.8 Å². The second-order valence-corrected chi connectivity index (χ2v) is 8.59. The number of alkyl halides is 3. The van der Waals surface area contributed by atoms with E-state index in [1.54, 1.807) is 30.5 Å². The summed E-state index contributed by atoms with van der Waals surface area (Å²) in [6.07, 6.45) is 8.51. The third-order valence-corrected chi connectivity index (χ3v) is 5.98. The molecule has 1 fully saturated rings. The van der Waals surface area contributed by atoms with Gasteiger partial charge in [-0.1, -0.05) is 12.2 Å². The number of hydrogen-bond acceptors (Lipinski definition) is 6. The largest absolute Gasteiger partial charge is 0.405 e. The molecule has 1 aliphatic carbocycles. The van der Waals surface area contributed by atoms with Gasteiger partial charge in [0.15, 0.2) is 0 Å². The van der Waals surface area contributed by atoms with Crippen molar-refractivity contribution < 1.29 is 18.0 Å². The number of pyridine rings is 1. The van der Waals surface area contributed by atoms with Gasteiger partial charge in [0.1, 0.15) is 12.2 Å². The van der Waals surface area contributed by atoms with Crippen molar-refractivity contribution in [2.24, 2.45) is 11.5 Å². The van der Waals surface area contributed by atoms with Crippen molar-refractivity contribution in [1.82, 2.24) is 30.2 Å². The van der Waals surface area contributed by atoms with Crippen LogP contribution < -0.4 is 27.4 Å². The Morgan fingerprint density at radius 1 is 1.25 bits per heavy atom. The van der Waals surface area contributed by atoms with E-state index in [2.05, 4.69) is 20.5 Å². The molecule has 2 aromatic heterocycles. The van der Waals surface area contributed by atoms with Crippen LogP contribution in [-0.2, 0) is 0 Å². The molecule has 192 valence electrons. The van der Waals surface area contributed by atoms with Gasteiger partial charge in [-0.05, 0) is 36.8 Å². The van der Waals surface area contributed by atoms with E-state index in [1.807, 2.05) is 34.1 Å². The third-order valence-electron chi connectivity index (χ3n) is 5.98. The second-order valence-electron chi connectivity index (χ2n) is 8.59. The van der Waals surface area contributed by atoms with Crippen LogP contribution in [0.25, 0.3) is 11.3 Å². The maximum Gasteiger partial charge on any atom is 0.405 e. The minimum atomic E-state index is -4.47. The number of nitrogens with zero attached hydrogens (tertiary/aromatic N) is 3. The highest BCUT2D eigenvalue weighted by Gasteiger charge is 2.28. The summed E-state index contributed by atoms with van der Waals surface area (Å²) in [7, 11) is 0. The first-order chi connectivity index (χ1) is 17.2. The predicted molar refractivity (Wildman–Crippen MR) is 131 cm³/mol. The van der Waals surface area contributed by atoms with Crippen LogP contribution in [0.4, 0.5) is 18.0 Å². The SMILES string of the molecule is N/C(=C\C=C(/N)N1CCNCC1)c1ccn2c(C3C=CC=C(NC(=O)NCC(F)(F)F)C3)cnc2c1. The lowest BCUT2D eigenvalue weighted by Gasteiger charge is -2.29. The van der Waals surface area contributed by atoms with Gasteiger partial charge in [0.2, 0.25) is 0 Å². The second kappa shape index (κ2) is 10.8. The zero-order valence-electron chi connectivity index (χ0n) is 19.6. The molecule has 1 atom stereocenters. The fourth-order valence-electron chi connectivity index (χ4n) is 4.10. The number of allylic oxidation sites excluding steroid dienone is 6. The minimum absolute atomic E-state index is 0.122. The number of imidazole rings is 1. The summed E-state index contributed by atoms with van der Waals surface area (Å²) >= 11 is 0. The number of rotatable bonds is 6. The molecule has 0 radical (unpaired) electrons. The van der Waals surface area contributed by atoms with Crippen LogP contribution in [0.1, 0.15) is 23.6 Å². The van der Waals surface area contributed by atoms with Crippen LogP contribution in [0.15, 0.2) is 66.4 Å². The van der Waals surface area contributed by atoms with Gasteiger partial charge >= 0.3 is 12.2 Å². The van der Waals surface area contributed by atoms with E-state index in [0.717, 1.165) is 37.4 Å². The van der Waals surface area contributed by atoms with E-state index in [4.69, 9.17) is 11.5 Å². The molecular weight excluding hydrogens is 473 g/mol. The van der Waals surface area contributed by atoms with Gasteiger partial charge < -0.3 is 36.7 Å². The normalized spacial score (nSPS) is 19.4. The van der Waals surface area contributed by atoms with E-state index in [0.29, 0.717) is 29.3 Å². The lowest BCUT2D eigenvalue weighted by molar-refractivity contribution is -0.122. The molecule has 3 heterocycles. The van der Waals surface area contributed by atoms with Gasteiger partial charge in [-0.15, -0.1) is 0 Å². The fraction of sp³-hybridized carbons (Fsp3) is 0.333. The van der Waals surface area contributed by atoms with E-state index >= 15 is 0 Å². The summed E-state index contributed by atoms with van der Waals surface area (Å²) < 4.78 is 38.9. The molecule has 2 amide bonds. The molecule has 2 aliphatic rings. The Kier molecular flexibility index (Phi) is 7.53. The number of carbonyl (C=O) groups excluding carboxylic acids is 1. The number of nitrogens with one attached hydrogen (secondary N) is 3. The number of carbonyl (C=O) groups is 1. The van der Waals surface area contributed by atoms with Crippen molar-refractivity contribution in [3.05, 3.63) is 77.7 Å². The highest BCUT2D eigenvalue weighted by molar-refractivity contribution is 5.76. The summed E-state index contributed by atoms with van der Waals surface area (Å²) in [5.74, 6) is 0.542. The molecule has 0 aromatic carbocycles. The molecule has 12 heteroatoms. The first-order valence-electron chi connectivity index (χ1n) is 11.5. The van der Waals surface area contributed by atoms with Crippen LogP contribution in [0.3, 0.4) is 0 Å². The quantitative estimate of drug-likeness (QED) is 0.386. The van der Waals surface area contributed by atoms with Gasteiger partial charge in [-0.2, -0.15) is 13.2 Å². The van der Waals surface area contributed by atoms with Gasteiger partial charge in [0.05, 0.1) is 5.82 Å². The van der Waals surface area contributed by atoms with Crippen LogP contribution in [0.2, 0.25) is 0 Å². The first-order valence-corrected chi connectivity index (χ1v) is 11.5. The highest BCUT2D eigenvalue weighted by atomic mass is 19.4. The molecule has 0 bridgehead atoms. The van der Waals surface area contributed by atoms with Crippen molar-refractivity contribution in [3.63, 3.8) is 0 Å². The van der Waals surface area contributed by atoms with Crippen molar-refractivity contribution >= 4 is 17.4 Å². The van der Waals surface area contributed by atoms with Crippen LogP contribution in [-0.4, -0.2) is 59.2 Å². The Bertz CT molecular complexity index is 1220. The number of piperazine rings is 1. The van der Waals surface area contributed by atoms with Gasteiger partial charge in [-0.3, -0.25) is 0 Å². The Hall–Kier alpha value is -3.93. The lowest BCUT2D eigenvalue weighted by Crippen LogP contribution is -2.44. The number of fused-ring (bicyclic) bond motifs is 1.